The van der Waals surface area contributed by atoms with Gasteiger partial charge in [-0.25, -0.2) is 4.79 Å². The number of aliphatic hydroxyl groups is 2. The average molecular weight is 844 g/mol. The van der Waals surface area contributed by atoms with Gasteiger partial charge < -0.3 is 39.5 Å². The van der Waals surface area contributed by atoms with Crippen molar-refractivity contribution in [3.05, 3.63) is 132 Å². The van der Waals surface area contributed by atoms with Crippen LogP contribution in [0, 0.1) is 17.8 Å². The van der Waals surface area contributed by atoms with E-state index in [1.807, 2.05) is 106 Å². The number of likely N-dealkylation sites (N-methyl/N-ethyl adjacent to an activating group) is 1. The van der Waals surface area contributed by atoms with Gasteiger partial charge in [-0.2, -0.15) is 0 Å². The van der Waals surface area contributed by atoms with Gasteiger partial charge in [0.05, 0.1) is 18.2 Å². The Labute approximate surface area is 365 Å². The summed E-state index contributed by atoms with van der Waals surface area (Å²) >= 11 is 0. The van der Waals surface area contributed by atoms with Crippen LogP contribution in [-0.2, 0) is 16.1 Å². The van der Waals surface area contributed by atoms with E-state index in [1.165, 1.54) is 0 Å². The summed E-state index contributed by atoms with van der Waals surface area (Å²) in [5.74, 6) is -1.40. The second-order valence-corrected chi connectivity index (χ2v) is 17.7. The van der Waals surface area contributed by atoms with Crippen molar-refractivity contribution in [1.29, 1.82) is 0 Å². The van der Waals surface area contributed by atoms with Crippen LogP contribution < -0.4 is 14.8 Å². The third-order valence-electron chi connectivity index (χ3n) is 12.3. The predicted octanol–water partition coefficient (Wildman–Crippen LogP) is 9.33. The fourth-order valence-electron chi connectivity index (χ4n) is 9.56. The molecule has 1 saturated carbocycles. The monoisotopic (exact) mass is 843 g/mol. The number of carbonyl (C=O) groups excluding carboxylic acids is 2. The molecule has 62 heavy (non-hydrogen) atoms. The van der Waals surface area contributed by atoms with Crippen molar-refractivity contribution >= 4 is 28.5 Å². The minimum atomic E-state index is -1.42. The van der Waals surface area contributed by atoms with Gasteiger partial charge >= 0.3 is 6.09 Å². The zero-order valence-electron chi connectivity index (χ0n) is 36.4. The molecule has 1 fully saturated rings. The third kappa shape index (κ3) is 9.75. The molecule has 2 aliphatic carbocycles. The summed E-state index contributed by atoms with van der Waals surface area (Å²) in [6, 6.07) is 28.1. The summed E-state index contributed by atoms with van der Waals surface area (Å²) in [5.41, 5.74) is 3.36. The van der Waals surface area contributed by atoms with Gasteiger partial charge in [0, 0.05) is 50.3 Å². The Hall–Kier alpha value is -5.49. The molecule has 3 N–H and O–H groups in total. The van der Waals surface area contributed by atoms with Crippen molar-refractivity contribution in [3.8, 4) is 11.5 Å². The minimum Gasteiger partial charge on any atom is -0.459 e. The van der Waals surface area contributed by atoms with Crippen molar-refractivity contribution in [2.24, 2.45) is 22.9 Å². The summed E-state index contributed by atoms with van der Waals surface area (Å²) in [5, 5.41) is 29.6. The minimum absolute atomic E-state index is 0.00976. The molecular formula is C51H61N3O8. The lowest BCUT2D eigenvalue weighted by Crippen LogP contribution is -2.69. The maximum atomic E-state index is 14.8. The number of amides is 2. The Morgan fingerprint density at radius 2 is 1.66 bits per heavy atom. The smallest absolute Gasteiger partial charge is 0.412 e. The molecule has 7 rings (SSSR count). The lowest BCUT2D eigenvalue weighted by Gasteiger charge is -2.59. The van der Waals surface area contributed by atoms with Crippen LogP contribution >= 0.6 is 0 Å². The molecule has 0 saturated heterocycles. The topological polar surface area (TPSA) is 139 Å². The van der Waals surface area contributed by atoms with Gasteiger partial charge in [-0.05, 0) is 111 Å². The summed E-state index contributed by atoms with van der Waals surface area (Å²) < 4.78 is 20.3. The van der Waals surface area contributed by atoms with Crippen molar-refractivity contribution in [2.75, 3.05) is 26.9 Å². The van der Waals surface area contributed by atoms with Crippen LogP contribution in [0.2, 0.25) is 0 Å². The standard InChI is InChI=1S/C51H61N3O8/c1-6-28-59-51-45(54(5)48(57)38-23-22-35-18-10-11-19-36(35)29-38)32-43(53-62-50(2,3)4)41-30-37(20-12-14-26-55)40(21-13-15-27-56)46(47(41)51)42-31-39(24-25-44(42)61-51)60-49(58)52-33-34-16-8-7-9-17-34/h6-11,16-19,22-25,29-31,37,40,45-47,55-56H,1,12-15,20-21,26-28,32-33H2,2-5H3,(H,52,58)/t37-,40+,45-,46+,47+,51+/m0/s1. The maximum Gasteiger partial charge on any atom is 0.412 e. The van der Waals surface area contributed by atoms with Crippen LogP contribution in [0.4, 0.5) is 4.79 Å². The van der Waals surface area contributed by atoms with Crippen molar-refractivity contribution in [1.82, 2.24) is 10.2 Å². The number of unbranched alkanes of at least 4 members (excludes halogenated alkanes) is 2. The Balaban J connectivity index is 1.38. The number of hydrogen-bond donors (Lipinski definition) is 3. The van der Waals surface area contributed by atoms with Crippen LogP contribution in [0.1, 0.15) is 93.1 Å². The molecule has 1 aliphatic heterocycles. The molecule has 0 spiro atoms. The Morgan fingerprint density at radius 1 is 0.935 bits per heavy atom. The summed E-state index contributed by atoms with van der Waals surface area (Å²) in [6.45, 7) is 10.5. The zero-order valence-corrected chi connectivity index (χ0v) is 36.4. The van der Waals surface area contributed by atoms with Crippen LogP contribution in [0.25, 0.3) is 10.8 Å². The number of ether oxygens (including phenoxy) is 3. The van der Waals surface area contributed by atoms with Crippen molar-refractivity contribution in [2.45, 2.75) is 95.6 Å². The number of nitrogens with zero attached hydrogens (tertiary/aromatic N) is 2. The largest absolute Gasteiger partial charge is 0.459 e. The molecule has 3 aliphatic rings. The predicted molar refractivity (Wildman–Crippen MR) is 241 cm³/mol. The van der Waals surface area contributed by atoms with Gasteiger partial charge in [-0.3, -0.25) is 4.79 Å². The fraction of sp³-hybridized carbons (Fsp3) is 0.431. The van der Waals surface area contributed by atoms with Gasteiger partial charge in [0.2, 0.25) is 5.79 Å². The summed E-state index contributed by atoms with van der Waals surface area (Å²) in [6.07, 6.45) is 8.17. The summed E-state index contributed by atoms with van der Waals surface area (Å²) in [7, 11) is 1.80. The number of aliphatic hydroxyl groups excluding tert-OH is 2. The first-order valence-corrected chi connectivity index (χ1v) is 22.0. The lowest BCUT2D eigenvalue weighted by atomic mass is 9.55. The second kappa shape index (κ2) is 19.7. The maximum absolute atomic E-state index is 14.8. The van der Waals surface area contributed by atoms with Gasteiger partial charge in [0.15, 0.2) is 0 Å². The molecule has 6 atom stereocenters. The van der Waals surface area contributed by atoms with Crippen LogP contribution in [-0.4, -0.2) is 77.1 Å². The van der Waals surface area contributed by atoms with E-state index in [4.69, 9.17) is 24.2 Å². The second-order valence-electron chi connectivity index (χ2n) is 17.7. The highest BCUT2D eigenvalue weighted by Crippen LogP contribution is 2.62. The van der Waals surface area contributed by atoms with Crippen molar-refractivity contribution in [3.63, 3.8) is 0 Å². The number of nitrogens with one attached hydrogen (secondary N) is 1. The molecular weight excluding hydrogens is 783 g/mol. The lowest BCUT2D eigenvalue weighted by molar-refractivity contribution is -0.252. The number of allylic oxidation sites excluding steroid dienone is 1. The normalized spacial score (nSPS) is 23.4. The highest BCUT2D eigenvalue weighted by atomic mass is 16.7. The van der Waals surface area contributed by atoms with E-state index in [0.29, 0.717) is 42.2 Å². The van der Waals surface area contributed by atoms with Gasteiger partial charge in [-0.15, -0.1) is 6.58 Å². The highest BCUT2D eigenvalue weighted by Gasteiger charge is 2.65. The average Bonchev–Trinajstić information content (AvgIpc) is 3.27. The molecule has 0 bridgehead atoms. The van der Waals surface area contributed by atoms with E-state index in [0.717, 1.165) is 53.2 Å². The summed E-state index contributed by atoms with van der Waals surface area (Å²) in [4.78, 5) is 36.0. The number of fused-ring (bicyclic) bond motifs is 3. The first-order valence-electron chi connectivity index (χ1n) is 22.0. The molecule has 0 unspecified atom stereocenters. The third-order valence-corrected chi connectivity index (χ3v) is 12.3. The van der Waals surface area contributed by atoms with Crippen LogP contribution in [0.5, 0.6) is 11.5 Å². The quantitative estimate of drug-likeness (QED) is 0.0543. The van der Waals surface area contributed by atoms with Gasteiger partial charge in [-0.1, -0.05) is 90.8 Å². The molecule has 1 heterocycles. The van der Waals surface area contributed by atoms with Crippen molar-refractivity contribution < 1.29 is 38.9 Å². The number of oxime groups is 1. The van der Waals surface area contributed by atoms with Crippen LogP contribution in [0.3, 0.4) is 0 Å². The molecule has 4 aromatic carbocycles. The van der Waals surface area contributed by atoms with Gasteiger partial charge in [0.1, 0.15) is 23.1 Å². The Morgan fingerprint density at radius 3 is 2.39 bits per heavy atom. The van der Waals surface area contributed by atoms with E-state index in [-0.39, 0.29) is 49.9 Å². The Kier molecular flexibility index (Phi) is 14.2. The zero-order chi connectivity index (χ0) is 43.9. The number of carbonyl (C=O) groups is 2. The number of rotatable bonds is 17. The molecule has 2 amide bonds. The molecule has 328 valence electrons. The molecule has 4 aromatic rings. The first kappa shape index (κ1) is 44.6. The fourth-order valence-corrected chi connectivity index (χ4v) is 9.56. The highest BCUT2D eigenvalue weighted by molar-refractivity contribution is 6.04. The van der Waals surface area contributed by atoms with Gasteiger partial charge in [0.25, 0.3) is 5.91 Å². The Bertz CT molecular complexity index is 2270. The first-order chi connectivity index (χ1) is 30.0. The molecule has 0 radical (unpaired) electrons. The van der Waals surface area contributed by atoms with E-state index in [9.17, 15) is 19.8 Å². The number of hydrogen-bond acceptors (Lipinski definition) is 9. The van der Waals surface area contributed by atoms with E-state index < -0.39 is 29.4 Å². The van der Waals surface area contributed by atoms with E-state index >= 15 is 0 Å². The van der Waals surface area contributed by atoms with E-state index in [2.05, 4.69) is 18.0 Å². The van der Waals surface area contributed by atoms with Crippen LogP contribution in [0.15, 0.2) is 120 Å². The molecule has 11 heteroatoms. The van der Waals surface area contributed by atoms with E-state index in [1.54, 1.807) is 24.1 Å². The SMILES string of the molecule is C=CCO[C@@]12Oc3ccc(OC(=O)NCc4ccccc4)cc3[C@H]3[C@H](CCCCO)[C@@H](CCCCO)C=C(C(=NOC(C)(C)C)C[C@@H]1N(C)C(=O)c1ccc4ccccc4c1)[C@H]32. The molecule has 0 aromatic heterocycles. The molecule has 11 nitrogen and oxygen atoms in total. The number of benzene rings is 4.